The largest absolute Gasteiger partial charge is 0.872 e. The van der Waals surface area contributed by atoms with Gasteiger partial charge in [-0.15, -0.1) is 0 Å². The fraction of sp³-hybridized carbons (Fsp3) is 0.188. The lowest BCUT2D eigenvalue weighted by Crippen LogP contribution is -2.15. The number of carboxylic acid groups (broad SMARTS) is 1. The highest BCUT2D eigenvalue weighted by atomic mass is 32.2. The first-order valence-electron chi connectivity index (χ1n) is 6.77. The number of carbonyl (C=O) groups is 1. The van der Waals surface area contributed by atoms with Gasteiger partial charge in [0.2, 0.25) is 0 Å². The molecule has 0 atom stereocenters. The predicted molar refractivity (Wildman–Crippen MR) is 84.3 cm³/mol. The van der Waals surface area contributed by atoms with Crippen molar-refractivity contribution in [2.45, 2.75) is 25.7 Å². The van der Waals surface area contributed by atoms with Crippen LogP contribution in [0.4, 0.5) is 5.69 Å². The number of nitrogens with one attached hydrogen (secondary N) is 1. The lowest BCUT2D eigenvalue weighted by molar-refractivity contribution is -0.268. The van der Waals surface area contributed by atoms with E-state index in [0.717, 1.165) is 23.3 Å². The van der Waals surface area contributed by atoms with Crippen molar-refractivity contribution in [2.24, 2.45) is 0 Å². The van der Waals surface area contributed by atoms with Gasteiger partial charge in [0.15, 0.2) is 0 Å². The van der Waals surface area contributed by atoms with E-state index >= 15 is 0 Å². The summed E-state index contributed by atoms with van der Waals surface area (Å²) in [5.41, 5.74) is 1.93. The van der Waals surface area contributed by atoms with Crippen LogP contribution in [-0.4, -0.2) is 19.5 Å². The molecule has 0 saturated carbocycles. The van der Waals surface area contributed by atoms with Gasteiger partial charge in [0.1, 0.15) is 0 Å². The number of benzene rings is 2. The van der Waals surface area contributed by atoms with Crippen LogP contribution in [-0.2, 0) is 10.0 Å². The molecule has 2 N–H and O–H groups in total. The number of aromatic carboxylic acids is 1. The van der Waals surface area contributed by atoms with Gasteiger partial charge in [0.25, 0.3) is 10.0 Å². The first kappa shape index (κ1) is 16.8. The highest BCUT2D eigenvalue weighted by Gasteiger charge is 2.18. The maximum atomic E-state index is 12.5. The van der Waals surface area contributed by atoms with E-state index in [1.807, 2.05) is 13.8 Å². The zero-order valence-electron chi connectivity index (χ0n) is 12.9. The normalized spacial score (nSPS) is 11.3. The van der Waals surface area contributed by atoms with Crippen LogP contribution >= 0.6 is 0 Å². The van der Waals surface area contributed by atoms with Gasteiger partial charge in [-0.1, -0.05) is 17.9 Å². The summed E-state index contributed by atoms with van der Waals surface area (Å²) in [4.78, 5) is 11.1. The van der Waals surface area contributed by atoms with Gasteiger partial charge in [0.05, 0.1) is 10.5 Å². The van der Waals surface area contributed by atoms with Gasteiger partial charge in [-0.2, -0.15) is 0 Å². The minimum Gasteiger partial charge on any atom is -0.872 e. The summed E-state index contributed by atoms with van der Waals surface area (Å²) in [5, 5.41) is 20.4. The van der Waals surface area contributed by atoms with Crippen molar-refractivity contribution in [3.05, 3.63) is 52.6 Å². The minimum atomic E-state index is -3.88. The van der Waals surface area contributed by atoms with Crippen molar-refractivity contribution in [3.63, 3.8) is 0 Å². The monoisotopic (exact) mass is 334 g/mol. The summed E-state index contributed by atoms with van der Waals surface area (Å²) in [6.07, 6.45) is 0. The SMILES string of the molecule is Cc1cc(C)c(S(=O)(=O)Nc2ccc([O-])c(C(=O)O)c2)cc1C. The smallest absolute Gasteiger partial charge is 0.335 e. The molecule has 0 heterocycles. The summed E-state index contributed by atoms with van der Waals surface area (Å²) >= 11 is 0. The van der Waals surface area contributed by atoms with Crippen LogP contribution in [0.15, 0.2) is 35.2 Å². The highest BCUT2D eigenvalue weighted by Crippen LogP contribution is 2.25. The van der Waals surface area contributed by atoms with Crippen molar-refractivity contribution >= 4 is 21.7 Å². The van der Waals surface area contributed by atoms with E-state index in [2.05, 4.69) is 4.72 Å². The zero-order valence-corrected chi connectivity index (χ0v) is 13.7. The predicted octanol–water partition coefficient (Wildman–Crippen LogP) is 2.18. The van der Waals surface area contributed by atoms with Crippen molar-refractivity contribution in [1.82, 2.24) is 0 Å². The molecule has 23 heavy (non-hydrogen) atoms. The Hall–Kier alpha value is -2.54. The Morgan fingerprint density at radius 1 is 1.04 bits per heavy atom. The molecular formula is C16H16NO5S-. The number of aryl methyl sites for hydroxylation is 3. The highest BCUT2D eigenvalue weighted by molar-refractivity contribution is 7.92. The third kappa shape index (κ3) is 3.45. The van der Waals surface area contributed by atoms with Gasteiger partial charge >= 0.3 is 5.97 Å². The second-order valence-corrected chi connectivity index (χ2v) is 6.97. The van der Waals surface area contributed by atoms with E-state index in [1.54, 1.807) is 19.1 Å². The molecule has 0 amide bonds. The first-order valence-corrected chi connectivity index (χ1v) is 8.25. The fourth-order valence-corrected chi connectivity index (χ4v) is 3.56. The maximum absolute atomic E-state index is 12.5. The second kappa shape index (κ2) is 5.92. The topological polar surface area (TPSA) is 107 Å². The van der Waals surface area contributed by atoms with Gasteiger partial charge in [-0.3, -0.25) is 4.72 Å². The molecule has 7 heteroatoms. The summed E-state index contributed by atoms with van der Waals surface area (Å²) in [5.74, 6) is -2.08. The minimum absolute atomic E-state index is 0.0274. The van der Waals surface area contributed by atoms with E-state index < -0.39 is 27.3 Å². The number of sulfonamides is 1. The van der Waals surface area contributed by atoms with E-state index in [9.17, 15) is 18.3 Å². The van der Waals surface area contributed by atoms with Gasteiger partial charge in [0, 0.05) is 5.69 Å². The van der Waals surface area contributed by atoms with Gasteiger partial charge in [-0.05, 0) is 55.7 Å². The lowest BCUT2D eigenvalue weighted by atomic mass is 10.1. The van der Waals surface area contributed by atoms with E-state index in [4.69, 9.17) is 5.11 Å². The molecule has 0 aliphatic carbocycles. The Kier molecular flexibility index (Phi) is 4.33. The van der Waals surface area contributed by atoms with Crippen LogP contribution in [0.3, 0.4) is 0 Å². The number of anilines is 1. The van der Waals surface area contributed by atoms with Crippen LogP contribution in [0.5, 0.6) is 5.75 Å². The molecule has 0 radical (unpaired) electrons. The Morgan fingerprint density at radius 2 is 1.65 bits per heavy atom. The molecule has 0 aromatic heterocycles. The molecule has 0 unspecified atom stereocenters. The molecule has 0 bridgehead atoms. The Bertz CT molecular complexity index is 888. The Labute approximate surface area is 134 Å². The molecule has 0 fully saturated rings. The van der Waals surface area contributed by atoms with E-state index in [0.29, 0.717) is 5.56 Å². The maximum Gasteiger partial charge on any atom is 0.335 e. The summed E-state index contributed by atoms with van der Waals surface area (Å²) in [6.45, 7) is 5.38. The number of hydrogen-bond donors (Lipinski definition) is 2. The number of carboxylic acids is 1. The molecule has 0 spiro atoms. The van der Waals surface area contributed by atoms with Crippen molar-refractivity contribution in [3.8, 4) is 5.75 Å². The van der Waals surface area contributed by atoms with Crippen molar-refractivity contribution in [1.29, 1.82) is 0 Å². The third-order valence-corrected chi connectivity index (χ3v) is 5.07. The quantitative estimate of drug-likeness (QED) is 0.891. The summed E-state index contributed by atoms with van der Waals surface area (Å²) in [6, 6.07) is 6.61. The molecule has 0 aliphatic heterocycles. The number of rotatable bonds is 4. The fourth-order valence-electron chi connectivity index (χ4n) is 2.19. The average Bonchev–Trinajstić information content (AvgIpc) is 2.44. The Morgan fingerprint density at radius 3 is 2.26 bits per heavy atom. The zero-order chi connectivity index (χ0) is 17.4. The van der Waals surface area contributed by atoms with Crippen LogP contribution in [0.2, 0.25) is 0 Å². The Balaban J connectivity index is 2.45. The molecule has 2 aromatic rings. The van der Waals surface area contributed by atoms with Crippen LogP contribution in [0.25, 0.3) is 0 Å². The van der Waals surface area contributed by atoms with Crippen LogP contribution in [0, 0.1) is 20.8 Å². The lowest BCUT2D eigenvalue weighted by Gasteiger charge is -2.15. The second-order valence-electron chi connectivity index (χ2n) is 5.32. The molecule has 0 saturated heterocycles. The standard InChI is InChI=1S/C16H17NO5S/c1-9-6-11(3)15(7-10(9)2)23(21,22)17-12-4-5-14(18)13(8-12)16(19)20/h4-8,17-18H,1-3H3,(H,19,20)/p-1. The van der Waals surface area contributed by atoms with Gasteiger partial charge < -0.3 is 10.2 Å². The van der Waals surface area contributed by atoms with E-state index in [1.165, 1.54) is 6.07 Å². The van der Waals surface area contributed by atoms with E-state index in [-0.39, 0.29) is 10.6 Å². The number of hydrogen-bond acceptors (Lipinski definition) is 4. The summed E-state index contributed by atoms with van der Waals surface area (Å²) < 4.78 is 27.3. The van der Waals surface area contributed by atoms with Crippen LogP contribution < -0.4 is 9.83 Å². The first-order chi connectivity index (χ1) is 10.6. The molecule has 6 nitrogen and oxygen atoms in total. The summed E-state index contributed by atoms with van der Waals surface area (Å²) in [7, 11) is -3.88. The molecule has 2 aromatic carbocycles. The molecular weight excluding hydrogens is 318 g/mol. The average molecular weight is 334 g/mol. The molecule has 0 aliphatic rings. The third-order valence-electron chi connectivity index (χ3n) is 3.54. The van der Waals surface area contributed by atoms with Gasteiger partial charge in [-0.25, -0.2) is 13.2 Å². The molecule has 122 valence electrons. The van der Waals surface area contributed by atoms with Crippen LogP contribution in [0.1, 0.15) is 27.0 Å². The molecule has 2 rings (SSSR count). The van der Waals surface area contributed by atoms with Crippen molar-refractivity contribution in [2.75, 3.05) is 4.72 Å². The van der Waals surface area contributed by atoms with Crippen molar-refractivity contribution < 1.29 is 23.4 Å².